The molecule has 1 saturated heterocycles. The minimum absolute atomic E-state index is 0.0556. The van der Waals surface area contributed by atoms with E-state index in [-0.39, 0.29) is 5.70 Å². The van der Waals surface area contributed by atoms with Crippen molar-refractivity contribution in [3.8, 4) is 0 Å². The monoisotopic (exact) mass is 129 g/mol. The molecule has 2 aliphatic rings. The van der Waals surface area contributed by atoms with Crippen molar-refractivity contribution in [3.63, 3.8) is 0 Å². The Balaban J connectivity index is 2.57. The van der Waals surface area contributed by atoms with Crippen LogP contribution in [0.1, 0.15) is 10.5 Å². The molecule has 1 atom stereocenters. The van der Waals surface area contributed by atoms with Gasteiger partial charge in [-0.25, -0.2) is 5.42 Å². The van der Waals surface area contributed by atoms with Crippen LogP contribution in [0.25, 0.3) is 0 Å². The highest BCUT2D eigenvalue weighted by Crippen LogP contribution is 2.11. The van der Waals surface area contributed by atoms with Crippen molar-refractivity contribution in [2.24, 2.45) is 0 Å². The Hall–Kier alpha value is -0.800. The Kier molecular flexibility index (Phi) is 0.380. The molecule has 0 saturated carbocycles. The average molecular weight is 129 g/mol. The number of nitrogens with one attached hydrogen (secondary N) is 3. The summed E-state index contributed by atoms with van der Waals surface area (Å²) in [7, 11) is 0. The van der Waals surface area contributed by atoms with E-state index >= 15 is 0 Å². The van der Waals surface area contributed by atoms with Crippen molar-refractivity contribution in [1.29, 1.82) is 0 Å². The van der Waals surface area contributed by atoms with Crippen molar-refractivity contribution >= 4 is 0 Å². The first kappa shape index (κ1) is 1.84. The molecule has 0 bridgehead atoms. The summed E-state index contributed by atoms with van der Waals surface area (Å²) in [5.74, 6) is 0. The van der Waals surface area contributed by atoms with E-state index in [1.807, 2.05) is 0 Å². The van der Waals surface area contributed by atoms with E-state index < -0.39 is 12.4 Å². The first-order chi connectivity index (χ1) is 6.82. The maximum Gasteiger partial charge on any atom is 0.183 e. The molecular formula is C6H9N3. The highest BCUT2D eigenvalue weighted by molar-refractivity contribution is 5.23. The predicted octanol–water partition coefficient (Wildman–Crippen LogP) is -0.189. The minimum atomic E-state index is -2.12. The molecule has 1 unspecified atom stereocenters. The molecule has 3 N–H and O–H groups in total. The molecule has 2 rings (SSSR count). The highest BCUT2D eigenvalue weighted by Gasteiger charge is 2.18. The second-order valence-corrected chi connectivity index (χ2v) is 1.69. The van der Waals surface area contributed by atoms with Gasteiger partial charge in [0.2, 0.25) is 0 Å². The zero-order valence-electron chi connectivity index (χ0n) is 10.6. The van der Waals surface area contributed by atoms with Crippen molar-refractivity contribution < 1.29 is 8.35 Å². The largest absolute Gasteiger partial charge is 0.311 e. The van der Waals surface area contributed by atoms with Gasteiger partial charge in [0, 0.05) is 8.44 Å². The highest BCUT2D eigenvalue weighted by atomic mass is 15.6. The van der Waals surface area contributed by atoms with E-state index in [2.05, 4.69) is 0 Å². The van der Waals surface area contributed by atoms with E-state index in [0.717, 1.165) is 6.08 Å². The number of hydrogen-bond acceptors (Lipinski definition) is 3. The van der Waals surface area contributed by atoms with Crippen molar-refractivity contribution in [2.75, 3.05) is 0 Å². The summed E-state index contributed by atoms with van der Waals surface area (Å²) in [6, 6.07) is -2.08. The minimum Gasteiger partial charge on any atom is -0.311 e. The van der Waals surface area contributed by atoms with E-state index in [4.69, 9.17) is 8.35 Å². The Bertz CT molecular complexity index is 355. The summed E-state index contributed by atoms with van der Waals surface area (Å²) in [6.45, 7) is 0. The Morgan fingerprint density at radius 2 is 3.00 bits per heavy atom. The van der Waals surface area contributed by atoms with Crippen LogP contribution in [0.4, 0.5) is 0 Å². The summed E-state index contributed by atoms with van der Waals surface area (Å²) in [4.78, 5) is 0. The van der Waals surface area contributed by atoms with E-state index in [1.54, 1.807) is 0 Å². The number of allylic oxidation sites excluding steroid dienone is 2. The summed E-state index contributed by atoms with van der Waals surface area (Å²) < 4.78 is 45.4. The first-order valence-electron chi connectivity index (χ1n) is 5.43. The van der Waals surface area contributed by atoms with Gasteiger partial charge in [0.15, 0.2) is 2.82 Å². The molecular weight excluding hydrogens is 114 g/mol. The molecule has 48 valence electrons. The van der Waals surface area contributed by atoms with Gasteiger partial charge >= 0.3 is 0 Å². The molecule has 1 heterocycles. The molecule has 1 aliphatic carbocycles. The fraction of sp³-hybridized carbons (Fsp3) is 0.333. The summed E-state index contributed by atoms with van der Waals surface area (Å²) >= 11 is 0. The van der Waals surface area contributed by atoms with Gasteiger partial charge in [0.25, 0.3) is 0 Å². The van der Waals surface area contributed by atoms with Crippen LogP contribution < -0.4 is 16.4 Å². The third-order valence-corrected chi connectivity index (χ3v) is 1.11. The SMILES string of the molecule is [2H]N1C2=CC=CC([2H])([2H])C2([2H])N([2H])N1[2H]. The van der Waals surface area contributed by atoms with Crippen molar-refractivity contribution in [3.05, 3.63) is 23.9 Å². The normalized spacial score (nSPS) is 60.0. The van der Waals surface area contributed by atoms with Crippen LogP contribution in [0.3, 0.4) is 0 Å². The summed E-state index contributed by atoms with van der Waals surface area (Å²) in [6.07, 6.45) is 1.78. The lowest BCUT2D eigenvalue weighted by atomic mass is 10.1. The van der Waals surface area contributed by atoms with Crippen LogP contribution in [0, 0.1) is 0 Å². The average Bonchev–Trinajstić information content (AvgIpc) is 2.33. The van der Waals surface area contributed by atoms with E-state index in [1.165, 1.54) is 12.2 Å². The van der Waals surface area contributed by atoms with Gasteiger partial charge in [-0.3, -0.25) is 0 Å². The zero-order chi connectivity index (χ0) is 11.4. The summed E-state index contributed by atoms with van der Waals surface area (Å²) in [5.41, 5.74) is 1.11. The zero-order valence-corrected chi connectivity index (χ0v) is 4.57. The van der Waals surface area contributed by atoms with Gasteiger partial charge < -0.3 is 5.42 Å². The third kappa shape index (κ3) is 0.742. The number of hydrogen-bond donors (Lipinski definition) is 3. The smallest absolute Gasteiger partial charge is 0.183 e. The lowest BCUT2D eigenvalue weighted by Crippen LogP contribution is -2.33. The lowest BCUT2D eigenvalue weighted by molar-refractivity contribution is 0.545. The van der Waals surface area contributed by atoms with E-state index in [0.29, 0.717) is 16.4 Å². The van der Waals surface area contributed by atoms with E-state index in [9.17, 15) is 0 Å². The van der Waals surface area contributed by atoms with Gasteiger partial charge in [0.05, 0.1) is 7.39 Å². The number of fused-ring (bicyclic) bond motifs is 1. The molecule has 0 spiro atoms. The molecule has 0 aromatic heterocycles. The molecule has 1 fully saturated rings. The predicted molar refractivity (Wildman–Crippen MR) is 35.0 cm³/mol. The van der Waals surface area contributed by atoms with Gasteiger partial charge in [-0.2, -0.15) is 5.53 Å². The van der Waals surface area contributed by atoms with Crippen molar-refractivity contribution in [2.45, 2.75) is 12.4 Å². The standard InChI is InChI=1S/C6H9N3/c1-2-4-6-5(3-1)7-9-8-6/h1-3,6-9H,4H2/i4D2,6D/hD3. The molecule has 0 aromatic rings. The number of hydrazine groups is 2. The molecule has 0 aromatic carbocycles. The number of rotatable bonds is 0. The third-order valence-electron chi connectivity index (χ3n) is 1.11. The quantitative estimate of drug-likeness (QED) is 0.424. The van der Waals surface area contributed by atoms with Crippen molar-refractivity contribution in [1.82, 2.24) is 16.4 Å². The second-order valence-electron chi connectivity index (χ2n) is 1.69. The summed E-state index contributed by atoms with van der Waals surface area (Å²) in [5, 5.41) is 0. The molecule has 3 nitrogen and oxygen atoms in total. The topological polar surface area (TPSA) is 36.1 Å². The van der Waals surface area contributed by atoms with Crippen LogP contribution >= 0.6 is 0 Å². The maximum absolute atomic E-state index is 7.93. The lowest BCUT2D eigenvalue weighted by Gasteiger charge is -2.08. The molecule has 9 heavy (non-hydrogen) atoms. The second kappa shape index (κ2) is 1.86. The molecule has 3 heteroatoms. The maximum atomic E-state index is 7.93. The van der Waals surface area contributed by atoms with Gasteiger partial charge in [0.1, 0.15) is 1.41 Å². The van der Waals surface area contributed by atoms with Crippen LogP contribution in [0.15, 0.2) is 23.9 Å². The Morgan fingerprint density at radius 1 is 2.00 bits per heavy atom. The van der Waals surface area contributed by atoms with Gasteiger partial charge in [-0.05, 0) is 12.4 Å². The fourth-order valence-electron chi connectivity index (χ4n) is 0.695. The molecule has 1 aliphatic heterocycles. The molecule has 0 radical (unpaired) electrons. The molecule has 0 amide bonds. The van der Waals surface area contributed by atoms with Crippen LogP contribution in [-0.2, 0) is 0 Å². The fourth-order valence-corrected chi connectivity index (χ4v) is 0.695. The Labute approximate surface area is 62.4 Å². The van der Waals surface area contributed by atoms with Gasteiger partial charge in [-0.1, -0.05) is 12.2 Å². The van der Waals surface area contributed by atoms with Crippen LogP contribution in [0.2, 0.25) is 4.24 Å². The van der Waals surface area contributed by atoms with Gasteiger partial charge in [-0.15, -0.1) is 0 Å². The first-order valence-corrected chi connectivity index (χ1v) is 2.59. The van der Waals surface area contributed by atoms with Crippen LogP contribution in [-0.4, -0.2) is 6.02 Å². The van der Waals surface area contributed by atoms with Crippen LogP contribution in [0.5, 0.6) is 0 Å². The Morgan fingerprint density at radius 3 is 3.89 bits per heavy atom.